The van der Waals surface area contributed by atoms with Crippen molar-refractivity contribution in [1.29, 1.82) is 0 Å². The Morgan fingerprint density at radius 3 is 2.11 bits per heavy atom. The summed E-state index contributed by atoms with van der Waals surface area (Å²) >= 11 is 0. The van der Waals surface area contributed by atoms with Crippen molar-refractivity contribution in [3.8, 4) is 22.3 Å². The lowest BCUT2D eigenvalue weighted by atomic mass is 10.00. The lowest BCUT2D eigenvalue weighted by molar-refractivity contribution is 0.102. The van der Waals surface area contributed by atoms with E-state index in [-0.39, 0.29) is 5.91 Å². The predicted molar refractivity (Wildman–Crippen MR) is 105 cm³/mol. The summed E-state index contributed by atoms with van der Waals surface area (Å²) in [6.07, 6.45) is 6.06. The number of nitrogens with one attached hydrogen (secondary N) is 1. The van der Waals surface area contributed by atoms with E-state index in [1.807, 2.05) is 36.4 Å². The van der Waals surface area contributed by atoms with Crippen LogP contribution in [-0.2, 0) is 0 Å². The molecule has 5 heteroatoms. The fourth-order valence-electron chi connectivity index (χ4n) is 2.75. The first kappa shape index (κ1) is 16.6. The Morgan fingerprint density at radius 2 is 1.41 bits per heavy atom. The van der Waals surface area contributed by atoms with Gasteiger partial charge in [-0.1, -0.05) is 48.5 Å². The Morgan fingerprint density at radius 1 is 0.704 bits per heavy atom. The standard InChI is InChI=1S/C22H16N4O/c27-22(20-12-23-15-24-13-20)26-21-10-9-19(14-25-21)18-8-4-7-17(11-18)16-5-2-1-3-6-16/h1-15H,(H,25,26,27). The largest absolute Gasteiger partial charge is 0.306 e. The van der Waals surface area contributed by atoms with Gasteiger partial charge in [0, 0.05) is 24.2 Å². The zero-order chi connectivity index (χ0) is 18.5. The normalized spacial score (nSPS) is 10.4. The van der Waals surface area contributed by atoms with E-state index in [0.29, 0.717) is 11.4 Å². The highest BCUT2D eigenvalue weighted by atomic mass is 16.1. The summed E-state index contributed by atoms with van der Waals surface area (Å²) in [6, 6.07) is 22.2. The summed E-state index contributed by atoms with van der Waals surface area (Å²) in [4.78, 5) is 24.2. The molecule has 0 aliphatic rings. The lowest BCUT2D eigenvalue weighted by Gasteiger charge is -2.07. The number of carbonyl (C=O) groups is 1. The number of benzene rings is 2. The van der Waals surface area contributed by atoms with Crippen LogP contribution in [0.5, 0.6) is 0 Å². The topological polar surface area (TPSA) is 67.8 Å². The number of rotatable bonds is 4. The van der Waals surface area contributed by atoms with Gasteiger partial charge < -0.3 is 5.32 Å². The first-order valence-corrected chi connectivity index (χ1v) is 8.48. The number of nitrogens with zero attached hydrogens (tertiary/aromatic N) is 3. The maximum atomic E-state index is 12.1. The molecule has 1 N–H and O–H groups in total. The minimum atomic E-state index is -0.290. The van der Waals surface area contributed by atoms with Gasteiger partial charge in [-0.15, -0.1) is 0 Å². The van der Waals surface area contributed by atoms with Gasteiger partial charge in [-0.3, -0.25) is 4.79 Å². The van der Waals surface area contributed by atoms with Crippen LogP contribution in [-0.4, -0.2) is 20.9 Å². The third-order valence-electron chi connectivity index (χ3n) is 4.13. The molecule has 0 saturated heterocycles. The van der Waals surface area contributed by atoms with Crippen molar-refractivity contribution in [3.63, 3.8) is 0 Å². The average Bonchev–Trinajstić information content (AvgIpc) is 2.75. The van der Waals surface area contributed by atoms with Gasteiger partial charge >= 0.3 is 0 Å². The molecule has 4 rings (SSSR count). The maximum Gasteiger partial charge on any atom is 0.259 e. The van der Waals surface area contributed by atoms with Crippen molar-refractivity contribution >= 4 is 11.7 Å². The molecule has 2 aromatic carbocycles. The van der Waals surface area contributed by atoms with Gasteiger partial charge in [-0.05, 0) is 34.9 Å². The first-order chi connectivity index (χ1) is 13.3. The summed E-state index contributed by atoms with van der Waals surface area (Å²) in [5.74, 6) is 0.189. The minimum absolute atomic E-state index is 0.290. The summed E-state index contributed by atoms with van der Waals surface area (Å²) in [5, 5.41) is 2.74. The van der Waals surface area contributed by atoms with Crippen LogP contribution in [0, 0.1) is 0 Å². The summed E-state index contributed by atoms with van der Waals surface area (Å²) in [5.41, 5.74) is 4.75. The van der Waals surface area contributed by atoms with Crippen LogP contribution in [0.3, 0.4) is 0 Å². The summed E-state index contributed by atoms with van der Waals surface area (Å²) in [6.45, 7) is 0. The Labute approximate surface area is 156 Å². The molecular formula is C22H16N4O. The van der Waals surface area contributed by atoms with Crippen molar-refractivity contribution in [2.45, 2.75) is 0 Å². The second kappa shape index (κ2) is 7.58. The van der Waals surface area contributed by atoms with E-state index in [2.05, 4.69) is 44.5 Å². The predicted octanol–water partition coefficient (Wildman–Crippen LogP) is 4.46. The van der Waals surface area contributed by atoms with E-state index < -0.39 is 0 Å². The monoisotopic (exact) mass is 352 g/mol. The summed E-state index contributed by atoms with van der Waals surface area (Å²) < 4.78 is 0. The molecule has 130 valence electrons. The molecule has 0 saturated carbocycles. The number of hydrogen-bond donors (Lipinski definition) is 1. The van der Waals surface area contributed by atoms with Crippen molar-refractivity contribution < 1.29 is 4.79 Å². The van der Waals surface area contributed by atoms with Crippen molar-refractivity contribution in [1.82, 2.24) is 15.0 Å². The quantitative estimate of drug-likeness (QED) is 0.589. The average molecular weight is 352 g/mol. The molecule has 1 amide bonds. The van der Waals surface area contributed by atoms with Gasteiger partial charge in [0.15, 0.2) is 0 Å². The maximum absolute atomic E-state index is 12.1. The number of pyridine rings is 1. The number of amides is 1. The number of anilines is 1. The summed E-state index contributed by atoms with van der Waals surface area (Å²) in [7, 11) is 0. The fourth-order valence-corrected chi connectivity index (χ4v) is 2.75. The van der Waals surface area contributed by atoms with Crippen LogP contribution in [0.4, 0.5) is 5.82 Å². The van der Waals surface area contributed by atoms with Gasteiger partial charge in [0.1, 0.15) is 12.1 Å². The van der Waals surface area contributed by atoms with Gasteiger partial charge in [-0.25, -0.2) is 15.0 Å². The molecule has 5 nitrogen and oxygen atoms in total. The van der Waals surface area contributed by atoms with E-state index >= 15 is 0 Å². The Bertz CT molecular complexity index is 1050. The van der Waals surface area contributed by atoms with Crippen LogP contribution in [0.15, 0.2) is 91.6 Å². The Kier molecular flexibility index (Phi) is 4.66. The Balaban J connectivity index is 1.53. The zero-order valence-electron chi connectivity index (χ0n) is 14.4. The van der Waals surface area contributed by atoms with Gasteiger partial charge in [0.2, 0.25) is 0 Å². The third-order valence-corrected chi connectivity index (χ3v) is 4.13. The smallest absolute Gasteiger partial charge is 0.259 e. The molecule has 2 aromatic heterocycles. The van der Waals surface area contributed by atoms with Gasteiger partial charge in [-0.2, -0.15) is 0 Å². The molecule has 0 unspecified atom stereocenters. The Hall–Kier alpha value is -3.86. The number of aromatic nitrogens is 3. The molecule has 0 aliphatic carbocycles. The molecule has 27 heavy (non-hydrogen) atoms. The van der Waals surface area contributed by atoms with Crippen LogP contribution >= 0.6 is 0 Å². The van der Waals surface area contributed by atoms with E-state index in [9.17, 15) is 4.79 Å². The van der Waals surface area contributed by atoms with E-state index in [1.54, 1.807) is 12.3 Å². The van der Waals surface area contributed by atoms with E-state index in [0.717, 1.165) is 16.7 Å². The molecular weight excluding hydrogens is 336 g/mol. The van der Waals surface area contributed by atoms with Gasteiger partial charge in [0.25, 0.3) is 5.91 Å². The van der Waals surface area contributed by atoms with E-state index in [1.165, 1.54) is 24.3 Å². The SMILES string of the molecule is O=C(Nc1ccc(-c2cccc(-c3ccccc3)c2)cn1)c1cncnc1. The highest BCUT2D eigenvalue weighted by Crippen LogP contribution is 2.26. The highest BCUT2D eigenvalue weighted by molar-refractivity contribution is 6.03. The molecule has 2 heterocycles. The van der Waals surface area contributed by atoms with Crippen molar-refractivity contribution in [2.75, 3.05) is 5.32 Å². The highest BCUT2D eigenvalue weighted by Gasteiger charge is 2.08. The second-order valence-corrected chi connectivity index (χ2v) is 5.96. The van der Waals surface area contributed by atoms with E-state index in [4.69, 9.17) is 0 Å². The van der Waals surface area contributed by atoms with Crippen LogP contribution < -0.4 is 5.32 Å². The second-order valence-electron chi connectivity index (χ2n) is 5.96. The van der Waals surface area contributed by atoms with Crippen LogP contribution in [0.2, 0.25) is 0 Å². The lowest BCUT2D eigenvalue weighted by Crippen LogP contribution is -2.13. The van der Waals surface area contributed by atoms with Crippen molar-refractivity contribution in [2.24, 2.45) is 0 Å². The molecule has 0 atom stereocenters. The number of hydrogen-bond acceptors (Lipinski definition) is 4. The third kappa shape index (κ3) is 3.88. The molecule has 4 aromatic rings. The van der Waals surface area contributed by atoms with Crippen LogP contribution in [0.25, 0.3) is 22.3 Å². The number of carbonyl (C=O) groups excluding carboxylic acids is 1. The molecule has 0 radical (unpaired) electrons. The fraction of sp³-hybridized carbons (Fsp3) is 0. The van der Waals surface area contributed by atoms with Crippen LogP contribution in [0.1, 0.15) is 10.4 Å². The molecule has 0 aliphatic heterocycles. The van der Waals surface area contributed by atoms with Gasteiger partial charge in [0.05, 0.1) is 5.56 Å². The zero-order valence-corrected chi connectivity index (χ0v) is 14.4. The molecule has 0 spiro atoms. The minimum Gasteiger partial charge on any atom is -0.306 e. The van der Waals surface area contributed by atoms with Crippen molar-refractivity contribution in [3.05, 3.63) is 97.2 Å². The molecule has 0 fully saturated rings. The first-order valence-electron chi connectivity index (χ1n) is 8.48. The molecule has 0 bridgehead atoms.